The van der Waals surface area contributed by atoms with Crippen LogP contribution >= 0.6 is 0 Å². The van der Waals surface area contributed by atoms with Gasteiger partial charge in [0, 0.05) is 31.9 Å². The first-order valence-corrected chi connectivity index (χ1v) is 6.57. The van der Waals surface area contributed by atoms with Gasteiger partial charge in [-0.1, -0.05) is 12.1 Å². The van der Waals surface area contributed by atoms with Crippen molar-refractivity contribution >= 4 is 5.69 Å². The predicted molar refractivity (Wildman–Crippen MR) is 72.4 cm³/mol. The van der Waals surface area contributed by atoms with Gasteiger partial charge in [-0.3, -0.25) is 0 Å². The molecule has 0 saturated carbocycles. The van der Waals surface area contributed by atoms with E-state index in [1.165, 1.54) is 0 Å². The van der Waals surface area contributed by atoms with E-state index in [4.69, 9.17) is 0 Å². The van der Waals surface area contributed by atoms with E-state index < -0.39 is 12.6 Å². The molecule has 19 heavy (non-hydrogen) atoms. The number of benzene rings is 1. The monoisotopic (exact) mass is 274 g/mol. The average Bonchev–Trinajstić information content (AvgIpc) is 2.37. The largest absolute Gasteiger partial charge is 0.390 e. The zero-order chi connectivity index (χ0) is 14.3. The fraction of sp³-hybridized carbons (Fsp3) is 0.571. The zero-order valence-electron chi connectivity index (χ0n) is 11.4. The fourth-order valence-corrected chi connectivity index (χ4v) is 1.88. The van der Waals surface area contributed by atoms with Crippen molar-refractivity contribution in [1.29, 1.82) is 0 Å². The maximum absolute atomic E-state index is 12.0. The highest BCUT2D eigenvalue weighted by Gasteiger charge is 2.25. The van der Waals surface area contributed by atoms with E-state index >= 15 is 0 Å². The Morgan fingerprint density at radius 2 is 1.63 bits per heavy atom. The van der Waals surface area contributed by atoms with Crippen molar-refractivity contribution in [3.63, 3.8) is 0 Å². The van der Waals surface area contributed by atoms with Crippen LogP contribution in [0.25, 0.3) is 0 Å². The van der Waals surface area contributed by atoms with Gasteiger partial charge in [0.2, 0.25) is 0 Å². The van der Waals surface area contributed by atoms with E-state index in [2.05, 4.69) is 24.1 Å². The molecule has 0 aliphatic carbocycles. The smallest absolute Gasteiger partial charge is 0.372 e. The highest BCUT2D eigenvalue weighted by molar-refractivity contribution is 5.47. The summed E-state index contributed by atoms with van der Waals surface area (Å²) < 4.78 is 35.9. The summed E-state index contributed by atoms with van der Waals surface area (Å²) in [5.74, 6) is 0. The van der Waals surface area contributed by atoms with E-state index in [0.717, 1.165) is 24.3 Å². The number of hydrogen-bond acceptors (Lipinski definition) is 2. The minimum Gasteiger partial charge on any atom is -0.372 e. The van der Waals surface area contributed by atoms with Gasteiger partial charge < -0.3 is 10.2 Å². The lowest BCUT2D eigenvalue weighted by Gasteiger charge is -2.21. The summed E-state index contributed by atoms with van der Waals surface area (Å²) in [6.07, 6.45) is -4.87. The van der Waals surface area contributed by atoms with E-state index in [9.17, 15) is 13.2 Å². The van der Waals surface area contributed by atoms with Crippen LogP contribution in [0.5, 0.6) is 0 Å². The van der Waals surface area contributed by atoms with E-state index in [1.807, 2.05) is 24.3 Å². The van der Waals surface area contributed by atoms with Crippen molar-refractivity contribution in [2.75, 3.05) is 24.5 Å². The van der Waals surface area contributed by atoms with Crippen LogP contribution in [0, 0.1) is 0 Å². The molecule has 0 heterocycles. The van der Waals surface area contributed by atoms with Gasteiger partial charge in [0.25, 0.3) is 0 Å². The summed E-state index contributed by atoms with van der Waals surface area (Å²) in [6.45, 7) is 6.50. The number of anilines is 1. The Bertz CT molecular complexity index is 356. The number of nitrogens with zero attached hydrogens (tertiary/aromatic N) is 1. The van der Waals surface area contributed by atoms with Crippen LogP contribution in [0.3, 0.4) is 0 Å². The Labute approximate surface area is 112 Å². The summed E-state index contributed by atoms with van der Waals surface area (Å²) in [4.78, 5) is 2.22. The molecular formula is C14H21F3N2. The maximum atomic E-state index is 12.0. The molecule has 0 saturated heterocycles. The molecule has 0 unspecified atom stereocenters. The molecule has 2 nitrogen and oxygen atoms in total. The standard InChI is InChI=1S/C14H21F3N2/c1-3-19(4-2)13-7-5-12(6-8-13)11-18-10-9-14(15,16)17/h5-8,18H,3-4,9-11H2,1-2H3. The first kappa shape index (κ1) is 15.8. The lowest BCUT2D eigenvalue weighted by atomic mass is 10.2. The van der Waals surface area contributed by atoms with Crippen molar-refractivity contribution in [3.05, 3.63) is 29.8 Å². The van der Waals surface area contributed by atoms with Gasteiger partial charge in [0.1, 0.15) is 0 Å². The van der Waals surface area contributed by atoms with Crippen molar-refractivity contribution in [3.8, 4) is 0 Å². The number of alkyl halides is 3. The zero-order valence-corrected chi connectivity index (χ0v) is 11.4. The van der Waals surface area contributed by atoms with Crippen molar-refractivity contribution in [2.45, 2.75) is 33.0 Å². The summed E-state index contributed by atoms with van der Waals surface area (Å²) in [5.41, 5.74) is 2.14. The lowest BCUT2D eigenvalue weighted by molar-refractivity contribution is -0.133. The van der Waals surface area contributed by atoms with Crippen molar-refractivity contribution < 1.29 is 13.2 Å². The third-order valence-corrected chi connectivity index (χ3v) is 2.98. The summed E-state index contributed by atoms with van der Waals surface area (Å²) >= 11 is 0. The molecule has 0 atom stereocenters. The van der Waals surface area contributed by atoms with Gasteiger partial charge in [-0.2, -0.15) is 13.2 Å². The number of rotatable bonds is 7. The molecule has 0 amide bonds. The normalized spacial score (nSPS) is 11.6. The molecule has 1 aromatic rings. The summed E-state index contributed by atoms with van der Waals surface area (Å²) in [7, 11) is 0. The molecule has 0 aromatic heterocycles. The highest BCUT2D eigenvalue weighted by Crippen LogP contribution is 2.18. The molecule has 0 aliphatic rings. The Balaban J connectivity index is 2.40. The predicted octanol–water partition coefficient (Wildman–Crippen LogP) is 3.57. The van der Waals surface area contributed by atoms with Gasteiger partial charge in [-0.05, 0) is 31.5 Å². The molecular weight excluding hydrogens is 253 g/mol. The fourth-order valence-electron chi connectivity index (χ4n) is 1.88. The number of halogens is 3. The number of hydrogen-bond donors (Lipinski definition) is 1. The van der Waals surface area contributed by atoms with Crippen LogP contribution in [0.2, 0.25) is 0 Å². The van der Waals surface area contributed by atoms with Gasteiger partial charge in [0.15, 0.2) is 0 Å². The highest BCUT2D eigenvalue weighted by atomic mass is 19.4. The van der Waals surface area contributed by atoms with Crippen LogP contribution in [0.15, 0.2) is 24.3 Å². The van der Waals surface area contributed by atoms with Crippen molar-refractivity contribution in [1.82, 2.24) is 5.32 Å². The Hall–Kier alpha value is -1.23. The minimum absolute atomic E-state index is 0.0404. The molecule has 1 N–H and O–H groups in total. The maximum Gasteiger partial charge on any atom is 0.390 e. The third kappa shape index (κ3) is 5.96. The van der Waals surface area contributed by atoms with Crippen molar-refractivity contribution in [2.24, 2.45) is 0 Å². The van der Waals surface area contributed by atoms with Crippen LogP contribution in [0.1, 0.15) is 25.8 Å². The first-order chi connectivity index (χ1) is 8.96. The quantitative estimate of drug-likeness (QED) is 0.765. The van der Waals surface area contributed by atoms with Gasteiger partial charge >= 0.3 is 6.18 Å². The molecule has 0 aliphatic heterocycles. The van der Waals surface area contributed by atoms with E-state index in [-0.39, 0.29) is 6.54 Å². The average molecular weight is 274 g/mol. The van der Waals surface area contributed by atoms with E-state index in [0.29, 0.717) is 6.54 Å². The summed E-state index contributed by atoms with van der Waals surface area (Å²) in [6, 6.07) is 7.92. The second-order valence-corrected chi connectivity index (χ2v) is 4.38. The molecule has 1 aromatic carbocycles. The van der Waals surface area contributed by atoms with Crippen LogP contribution in [-0.2, 0) is 6.54 Å². The lowest BCUT2D eigenvalue weighted by Crippen LogP contribution is -2.22. The molecule has 1 rings (SSSR count). The third-order valence-electron chi connectivity index (χ3n) is 2.98. The Morgan fingerprint density at radius 3 is 2.11 bits per heavy atom. The topological polar surface area (TPSA) is 15.3 Å². The van der Waals surface area contributed by atoms with E-state index in [1.54, 1.807) is 0 Å². The molecule has 0 radical (unpaired) electrons. The van der Waals surface area contributed by atoms with Gasteiger partial charge in [0.05, 0.1) is 6.42 Å². The second kappa shape index (κ2) is 7.38. The van der Waals surface area contributed by atoms with Crippen LogP contribution in [0.4, 0.5) is 18.9 Å². The molecule has 5 heteroatoms. The molecule has 0 spiro atoms. The first-order valence-electron chi connectivity index (χ1n) is 6.57. The van der Waals surface area contributed by atoms with Gasteiger partial charge in [-0.15, -0.1) is 0 Å². The Kier molecular flexibility index (Phi) is 6.15. The number of nitrogens with one attached hydrogen (secondary N) is 1. The summed E-state index contributed by atoms with van der Waals surface area (Å²) in [5, 5.41) is 2.80. The van der Waals surface area contributed by atoms with Crippen LogP contribution < -0.4 is 10.2 Å². The van der Waals surface area contributed by atoms with Gasteiger partial charge in [-0.25, -0.2) is 0 Å². The molecule has 0 bridgehead atoms. The SMILES string of the molecule is CCN(CC)c1ccc(CNCCC(F)(F)F)cc1. The molecule has 108 valence electrons. The van der Waals surface area contributed by atoms with Crippen LogP contribution in [-0.4, -0.2) is 25.8 Å². The Morgan fingerprint density at radius 1 is 1.05 bits per heavy atom. The minimum atomic E-state index is -4.08. The second-order valence-electron chi connectivity index (χ2n) is 4.38. The molecule has 0 fully saturated rings.